The summed E-state index contributed by atoms with van der Waals surface area (Å²) >= 11 is 0. The third-order valence-corrected chi connectivity index (χ3v) is 2.56. The highest BCUT2D eigenvalue weighted by Gasteiger charge is 2.17. The second kappa shape index (κ2) is 6.80. The Labute approximate surface area is 105 Å². The van der Waals surface area contributed by atoms with E-state index < -0.39 is 17.9 Å². The zero-order chi connectivity index (χ0) is 13.5. The van der Waals surface area contributed by atoms with E-state index in [9.17, 15) is 9.59 Å². The highest BCUT2D eigenvalue weighted by molar-refractivity contribution is 5.69. The number of carboxylic acids is 2. The topological polar surface area (TPSA) is 91.0 Å². The van der Waals surface area contributed by atoms with Gasteiger partial charge in [0.05, 0.1) is 25.1 Å². The standard InChI is InChI=1S/C12H17NO5/c1-9(12(16)17)7-13(5-4-11(14)15)8-10-3-2-6-18-10/h2-3,6,9H,4-5,7-8H2,1H3,(H,14,15)(H,16,17). The van der Waals surface area contributed by atoms with Crippen molar-refractivity contribution in [2.75, 3.05) is 13.1 Å². The van der Waals surface area contributed by atoms with Crippen LogP contribution >= 0.6 is 0 Å². The van der Waals surface area contributed by atoms with Crippen molar-refractivity contribution in [2.45, 2.75) is 19.9 Å². The summed E-state index contributed by atoms with van der Waals surface area (Å²) in [4.78, 5) is 23.1. The van der Waals surface area contributed by atoms with Gasteiger partial charge in [0.25, 0.3) is 0 Å². The molecule has 100 valence electrons. The quantitative estimate of drug-likeness (QED) is 0.727. The Kier molecular flexibility index (Phi) is 5.38. The second-order valence-corrected chi connectivity index (χ2v) is 4.20. The summed E-state index contributed by atoms with van der Waals surface area (Å²) in [5.41, 5.74) is 0. The van der Waals surface area contributed by atoms with Crippen molar-refractivity contribution in [1.82, 2.24) is 4.90 Å². The molecule has 0 saturated heterocycles. The van der Waals surface area contributed by atoms with E-state index in [2.05, 4.69) is 0 Å². The van der Waals surface area contributed by atoms with Crippen LogP contribution in [0.5, 0.6) is 0 Å². The van der Waals surface area contributed by atoms with Crippen molar-refractivity contribution in [3.63, 3.8) is 0 Å². The first-order chi connectivity index (χ1) is 8.49. The fraction of sp³-hybridized carbons (Fsp3) is 0.500. The lowest BCUT2D eigenvalue weighted by molar-refractivity contribution is -0.141. The van der Waals surface area contributed by atoms with Gasteiger partial charge >= 0.3 is 11.9 Å². The van der Waals surface area contributed by atoms with Crippen molar-refractivity contribution < 1.29 is 24.2 Å². The van der Waals surface area contributed by atoms with Crippen molar-refractivity contribution >= 4 is 11.9 Å². The highest BCUT2D eigenvalue weighted by Crippen LogP contribution is 2.09. The maximum Gasteiger partial charge on any atom is 0.307 e. The predicted molar refractivity (Wildman–Crippen MR) is 63.0 cm³/mol. The molecular weight excluding hydrogens is 238 g/mol. The Morgan fingerprint density at radius 3 is 2.67 bits per heavy atom. The normalized spacial score (nSPS) is 12.6. The Morgan fingerprint density at radius 1 is 1.44 bits per heavy atom. The molecular formula is C12H17NO5. The summed E-state index contributed by atoms with van der Waals surface area (Å²) in [6.07, 6.45) is 1.51. The lowest BCUT2D eigenvalue weighted by Crippen LogP contribution is -2.33. The van der Waals surface area contributed by atoms with Gasteiger partial charge in [-0.2, -0.15) is 0 Å². The van der Waals surface area contributed by atoms with Crippen LogP contribution in [0.4, 0.5) is 0 Å². The van der Waals surface area contributed by atoms with E-state index in [1.165, 1.54) is 6.26 Å². The molecule has 0 radical (unpaired) electrons. The number of rotatable bonds is 8. The summed E-state index contributed by atoms with van der Waals surface area (Å²) in [6, 6.07) is 3.52. The smallest absolute Gasteiger partial charge is 0.307 e. The average molecular weight is 255 g/mol. The molecule has 0 saturated carbocycles. The molecule has 0 aliphatic carbocycles. The molecule has 0 aromatic carbocycles. The molecule has 0 amide bonds. The van der Waals surface area contributed by atoms with Crippen LogP contribution in [0.3, 0.4) is 0 Å². The van der Waals surface area contributed by atoms with Crippen LogP contribution in [-0.2, 0) is 16.1 Å². The molecule has 0 bridgehead atoms. The average Bonchev–Trinajstić information content (AvgIpc) is 2.78. The lowest BCUT2D eigenvalue weighted by atomic mass is 10.1. The van der Waals surface area contributed by atoms with Gasteiger partial charge in [0, 0.05) is 13.1 Å². The summed E-state index contributed by atoms with van der Waals surface area (Å²) in [7, 11) is 0. The third-order valence-electron chi connectivity index (χ3n) is 2.56. The number of hydrogen-bond donors (Lipinski definition) is 2. The fourth-order valence-electron chi connectivity index (χ4n) is 1.58. The number of nitrogens with zero attached hydrogens (tertiary/aromatic N) is 1. The molecule has 0 spiro atoms. The second-order valence-electron chi connectivity index (χ2n) is 4.20. The summed E-state index contributed by atoms with van der Waals surface area (Å²) in [5, 5.41) is 17.5. The first kappa shape index (κ1) is 14.2. The van der Waals surface area contributed by atoms with Gasteiger partial charge in [-0.25, -0.2) is 0 Å². The summed E-state index contributed by atoms with van der Waals surface area (Å²) in [6.45, 7) is 2.60. The summed E-state index contributed by atoms with van der Waals surface area (Å²) in [5.74, 6) is -1.65. The van der Waals surface area contributed by atoms with E-state index in [4.69, 9.17) is 14.6 Å². The van der Waals surface area contributed by atoms with E-state index in [0.717, 1.165) is 0 Å². The maximum absolute atomic E-state index is 10.8. The van der Waals surface area contributed by atoms with E-state index in [1.807, 2.05) is 0 Å². The molecule has 0 fully saturated rings. The lowest BCUT2D eigenvalue weighted by Gasteiger charge is -2.22. The molecule has 2 N–H and O–H groups in total. The van der Waals surface area contributed by atoms with Crippen molar-refractivity contribution in [3.8, 4) is 0 Å². The van der Waals surface area contributed by atoms with Crippen LogP contribution in [-0.4, -0.2) is 40.1 Å². The molecule has 18 heavy (non-hydrogen) atoms. The van der Waals surface area contributed by atoms with Crippen LogP contribution < -0.4 is 0 Å². The number of carbonyl (C=O) groups is 2. The van der Waals surface area contributed by atoms with Crippen molar-refractivity contribution in [1.29, 1.82) is 0 Å². The van der Waals surface area contributed by atoms with E-state index in [0.29, 0.717) is 25.4 Å². The van der Waals surface area contributed by atoms with Gasteiger partial charge in [-0.3, -0.25) is 14.5 Å². The van der Waals surface area contributed by atoms with Crippen LogP contribution in [0, 0.1) is 5.92 Å². The van der Waals surface area contributed by atoms with Gasteiger partial charge in [0.2, 0.25) is 0 Å². The Hall–Kier alpha value is -1.82. The number of carboxylic acid groups (broad SMARTS) is 2. The summed E-state index contributed by atoms with van der Waals surface area (Å²) < 4.78 is 5.18. The van der Waals surface area contributed by atoms with Gasteiger partial charge in [0.1, 0.15) is 5.76 Å². The highest BCUT2D eigenvalue weighted by atomic mass is 16.4. The van der Waals surface area contributed by atoms with Crippen molar-refractivity contribution in [3.05, 3.63) is 24.2 Å². The monoisotopic (exact) mass is 255 g/mol. The van der Waals surface area contributed by atoms with Crippen LogP contribution in [0.25, 0.3) is 0 Å². The molecule has 6 nitrogen and oxygen atoms in total. The minimum atomic E-state index is -0.901. The molecule has 6 heteroatoms. The zero-order valence-corrected chi connectivity index (χ0v) is 10.2. The third kappa shape index (κ3) is 5.01. The number of furan rings is 1. The minimum Gasteiger partial charge on any atom is -0.481 e. The first-order valence-electron chi connectivity index (χ1n) is 5.68. The molecule has 1 aromatic rings. The van der Waals surface area contributed by atoms with Gasteiger partial charge < -0.3 is 14.6 Å². The Morgan fingerprint density at radius 2 is 2.17 bits per heavy atom. The molecule has 1 atom stereocenters. The van der Waals surface area contributed by atoms with Gasteiger partial charge in [-0.15, -0.1) is 0 Å². The minimum absolute atomic E-state index is 0.0208. The molecule has 1 heterocycles. The Balaban J connectivity index is 2.56. The van der Waals surface area contributed by atoms with E-state index in [-0.39, 0.29) is 6.42 Å². The van der Waals surface area contributed by atoms with Crippen LogP contribution in [0.1, 0.15) is 19.1 Å². The number of hydrogen-bond acceptors (Lipinski definition) is 4. The molecule has 0 aliphatic rings. The first-order valence-corrected chi connectivity index (χ1v) is 5.68. The predicted octanol–water partition coefficient (Wildman–Crippen LogP) is 1.28. The maximum atomic E-state index is 10.8. The van der Waals surface area contributed by atoms with Gasteiger partial charge in [-0.1, -0.05) is 6.92 Å². The van der Waals surface area contributed by atoms with Crippen molar-refractivity contribution in [2.24, 2.45) is 5.92 Å². The Bertz CT molecular complexity index is 387. The van der Waals surface area contributed by atoms with Crippen LogP contribution in [0.15, 0.2) is 22.8 Å². The van der Waals surface area contributed by atoms with E-state index in [1.54, 1.807) is 24.0 Å². The SMILES string of the molecule is CC(CN(CCC(=O)O)Cc1ccco1)C(=O)O. The van der Waals surface area contributed by atoms with Crippen LogP contribution in [0.2, 0.25) is 0 Å². The van der Waals surface area contributed by atoms with Gasteiger partial charge in [-0.05, 0) is 12.1 Å². The van der Waals surface area contributed by atoms with Gasteiger partial charge in [0.15, 0.2) is 0 Å². The molecule has 1 aromatic heterocycles. The number of aliphatic carboxylic acids is 2. The van der Waals surface area contributed by atoms with E-state index >= 15 is 0 Å². The largest absolute Gasteiger partial charge is 0.481 e. The zero-order valence-electron chi connectivity index (χ0n) is 10.2. The molecule has 1 rings (SSSR count). The molecule has 0 aliphatic heterocycles. The fourth-order valence-corrected chi connectivity index (χ4v) is 1.58. The molecule has 1 unspecified atom stereocenters.